The van der Waals surface area contributed by atoms with Crippen LogP contribution in [-0.2, 0) is 11.2 Å². The molecule has 0 saturated heterocycles. The molecule has 0 bridgehead atoms. The van der Waals surface area contributed by atoms with Gasteiger partial charge in [-0.1, -0.05) is 51.0 Å². The van der Waals surface area contributed by atoms with Gasteiger partial charge in [-0.2, -0.15) is 0 Å². The van der Waals surface area contributed by atoms with Gasteiger partial charge in [-0.25, -0.2) is 4.79 Å². The highest BCUT2D eigenvalue weighted by atomic mass is 16.5. The van der Waals surface area contributed by atoms with Crippen LogP contribution in [-0.4, -0.2) is 12.6 Å². The molecule has 1 fully saturated rings. The van der Waals surface area contributed by atoms with Crippen LogP contribution in [0.5, 0.6) is 0 Å². The monoisotopic (exact) mass is 289 g/mol. The van der Waals surface area contributed by atoms with Crippen LogP contribution in [0.25, 0.3) is 0 Å². The molecule has 2 N–H and O–H groups in total. The molecule has 0 spiro atoms. The number of rotatable bonds is 4. The maximum atomic E-state index is 11.7. The van der Waals surface area contributed by atoms with E-state index in [2.05, 4.69) is 0 Å². The van der Waals surface area contributed by atoms with Crippen molar-refractivity contribution in [1.82, 2.24) is 0 Å². The highest BCUT2D eigenvalue weighted by Gasteiger charge is 2.15. The minimum Gasteiger partial charge on any atom is -0.462 e. The van der Waals surface area contributed by atoms with Crippen LogP contribution in [0.4, 0.5) is 5.69 Å². The van der Waals surface area contributed by atoms with Crippen molar-refractivity contribution < 1.29 is 9.53 Å². The summed E-state index contributed by atoms with van der Waals surface area (Å²) in [6.45, 7) is 2.20. The number of ether oxygens (including phenoxy) is 1. The number of hydrogen-bond donors (Lipinski definition) is 1. The van der Waals surface area contributed by atoms with Crippen LogP contribution in [0.2, 0.25) is 0 Å². The van der Waals surface area contributed by atoms with Crippen molar-refractivity contribution in [3.05, 3.63) is 29.3 Å². The molecule has 0 amide bonds. The molecule has 1 aromatic carbocycles. The second kappa shape index (κ2) is 8.06. The third-order valence-corrected chi connectivity index (χ3v) is 4.39. The summed E-state index contributed by atoms with van der Waals surface area (Å²) in [5.41, 5.74) is 8.59. The van der Waals surface area contributed by atoms with Crippen LogP contribution in [0, 0.1) is 5.92 Å². The Morgan fingerprint density at radius 1 is 1.19 bits per heavy atom. The molecule has 0 aromatic heterocycles. The molecule has 1 aliphatic rings. The topological polar surface area (TPSA) is 52.3 Å². The smallest absolute Gasteiger partial charge is 0.338 e. The first-order valence-corrected chi connectivity index (χ1v) is 8.26. The normalized spacial score (nSPS) is 17.0. The van der Waals surface area contributed by atoms with E-state index in [9.17, 15) is 4.79 Å². The van der Waals surface area contributed by atoms with E-state index in [4.69, 9.17) is 10.5 Å². The van der Waals surface area contributed by atoms with Gasteiger partial charge >= 0.3 is 5.97 Å². The largest absolute Gasteiger partial charge is 0.462 e. The fraction of sp³-hybridized carbons (Fsp3) is 0.611. The van der Waals surface area contributed by atoms with Crippen molar-refractivity contribution in [2.24, 2.45) is 5.92 Å². The molecule has 2 rings (SSSR count). The Kier molecular flexibility index (Phi) is 6.09. The Balaban J connectivity index is 2.01. The number of anilines is 1. The Hall–Kier alpha value is -1.51. The molecule has 0 atom stereocenters. The van der Waals surface area contributed by atoms with Crippen LogP contribution in [0.3, 0.4) is 0 Å². The van der Waals surface area contributed by atoms with E-state index in [-0.39, 0.29) is 5.97 Å². The molecule has 0 heterocycles. The summed E-state index contributed by atoms with van der Waals surface area (Å²) in [6, 6.07) is 5.60. The number of nitrogens with two attached hydrogens (primary N) is 1. The molecular formula is C18H27NO2. The second-order valence-electron chi connectivity index (χ2n) is 6.05. The third-order valence-electron chi connectivity index (χ3n) is 4.39. The summed E-state index contributed by atoms with van der Waals surface area (Å²) in [6.07, 6.45) is 10.5. The van der Waals surface area contributed by atoms with Gasteiger partial charge in [-0.05, 0) is 37.0 Å². The van der Waals surface area contributed by atoms with Crippen LogP contribution in [0.15, 0.2) is 18.2 Å². The summed E-state index contributed by atoms with van der Waals surface area (Å²) in [5.74, 6) is 0.447. The van der Waals surface area contributed by atoms with E-state index in [1.54, 1.807) is 6.07 Å². The van der Waals surface area contributed by atoms with Gasteiger partial charge in [0.1, 0.15) is 0 Å². The van der Waals surface area contributed by atoms with Gasteiger partial charge in [0.05, 0.1) is 12.2 Å². The van der Waals surface area contributed by atoms with Crippen molar-refractivity contribution in [3.63, 3.8) is 0 Å². The first-order valence-electron chi connectivity index (χ1n) is 8.26. The Morgan fingerprint density at radius 3 is 2.48 bits per heavy atom. The molecule has 1 aromatic rings. The number of benzene rings is 1. The van der Waals surface area contributed by atoms with Gasteiger partial charge in [0.2, 0.25) is 0 Å². The van der Waals surface area contributed by atoms with Crippen LogP contribution in [0.1, 0.15) is 67.8 Å². The quantitative estimate of drug-likeness (QED) is 0.662. The minimum absolute atomic E-state index is 0.290. The lowest BCUT2D eigenvalue weighted by Gasteiger charge is -2.20. The Morgan fingerprint density at radius 2 is 1.86 bits per heavy atom. The SMILES string of the molecule is CCOC(=O)c1ccc(CC2CCCCCCC2)c(N)c1. The Labute approximate surface area is 127 Å². The first kappa shape index (κ1) is 15.9. The fourth-order valence-electron chi connectivity index (χ4n) is 3.18. The van der Waals surface area contributed by atoms with Gasteiger partial charge in [-0.3, -0.25) is 0 Å². The molecule has 116 valence electrons. The summed E-state index contributed by atoms with van der Waals surface area (Å²) in [4.78, 5) is 11.7. The lowest BCUT2D eigenvalue weighted by Crippen LogP contribution is -2.10. The lowest BCUT2D eigenvalue weighted by molar-refractivity contribution is 0.0526. The number of hydrogen-bond acceptors (Lipinski definition) is 3. The molecule has 21 heavy (non-hydrogen) atoms. The molecule has 1 aliphatic carbocycles. The zero-order valence-corrected chi connectivity index (χ0v) is 13.1. The standard InChI is InChI=1S/C18H27NO2/c1-2-21-18(20)16-11-10-15(17(19)13-16)12-14-8-6-4-3-5-7-9-14/h10-11,13-14H,2-9,12,19H2,1H3. The van der Waals surface area contributed by atoms with E-state index in [0.29, 0.717) is 12.2 Å². The summed E-state index contributed by atoms with van der Waals surface area (Å²) < 4.78 is 5.01. The first-order chi connectivity index (χ1) is 10.2. The average Bonchev–Trinajstić information content (AvgIpc) is 2.43. The van der Waals surface area contributed by atoms with Crippen molar-refractivity contribution in [2.45, 2.75) is 58.3 Å². The van der Waals surface area contributed by atoms with Crippen molar-refractivity contribution in [3.8, 4) is 0 Å². The number of carbonyl (C=O) groups is 1. The fourth-order valence-corrected chi connectivity index (χ4v) is 3.18. The van der Waals surface area contributed by atoms with Gasteiger partial charge in [0.25, 0.3) is 0 Å². The molecule has 0 unspecified atom stereocenters. The van der Waals surface area contributed by atoms with Crippen molar-refractivity contribution >= 4 is 11.7 Å². The lowest BCUT2D eigenvalue weighted by atomic mass is 9.86. The molecule has 0 radical (unpaired) electrons. The number of nitrogen functional groups attached to an aromatic ring is 1. The second-order valence-corrected chi connectivity index (χ2v) is 6.05. The van der Waals surface area contributed by atoms with Gasteiger partial charge in [-0.15, -0.1) is 0 Å². The van der Waals surface area contributed by atoms with E-state index in [1.165, 1.54) is 50.5 Å². The van der Waals surface area contributed by atoms with Gasteiger partial charge in [0.15, 0.2) is 0 Å². The average molecular weight is 289 g/mol. The van der Waals surface area contributed by atoms with E-state index >= 15 is 0 Å². The third kappa shape index (κ3) is 4.76. The molecule has 3 heteroatoms. The predicted molar refractivity (Wildman–Crippen MR) is 86.3 cm³/mol. The highest BCUT2D eigenvalue weighted by molar-refractivity contribution is 5.90. The zero-order valence-electron chi connectivity index (χ0n) is 13.1. The predicted octanol–water partition coefficient (Wildman–Crippen LogP) is 4.35. The number of carbonyl (C=O) groups excluding carboxylic acids is 1. The van der Waals surface area contributed by atoms with E-state index in [0.717, 1.165) is 18.0 Å². The molecular weight excluding hydrogens is 262 g/mol. The van der Waals surface area contributed by atoms with Gasteiger partial charge < -0.3 is 10.5 Å². The maximum Gasteiger partial charge on any atom is 0.338 e. The van der Waals surface area contributed by atoms with Crippen LogP contribution >= 0.6 is 0 Å². The van der Waals surface area contributed by atoms with Crippen LogP contribution < -0.4 is 5.73 Å². The maximum absolute atomic E-state index is 11.7. The van der Waals surface area contributed by atoms with Gasteiger partial charge in [0, 0.05) is 5.69 Å². The van der Waals surface area contributed by atoms with E-state index in [1.807, 2.05) is 19.1 Å². The molecule has 0 aliphatic heterocycles. The molecule has 3 nitrogen and oxygen atoms in total. The minimum atomic E-state index is -0.290. The van der Waals surface area contributed by atoms with Crippen molar-refractivity contribution in [2.75, 3.05) is 12.3 Å². The summed E-state index contributed by atoms with van der Waals surface area (Å²) >= 11 is 0. The van der Waals surface area contributed by atoms with Crippen molar-refractivity contribution in [1.29, 1.82) is 0 Å². The summed E-state index contributed by atoms with van der Waals surface area (Å²) in [7, 11) is 0. The molecule has 1 saturated carbocycles. The summed E-state index contributed by atoms with van der Waals surface area (Å²) in [5, 5.41) is 0. The highest BCUT2D eigenvalue weighted by Crippen LogP contribution is 2.27. The van der Waals surface area contributed by atoms with E-state index < -0.39 is 0 Å². The Bertz CT molecular complexity index is 462. The zero-order chi connectivity index (χ0) is 15.1. The number of esters is 1.